The summed E-state index contributed by atoms with van der Waals surface area (Å²) in [5.74, 6) is 1.18. The molecule has 9 heteroatoms. The summed E-state index contributed by atoms with van der Waals surface area (Å²) in [6, 6.07) is 20.8. The third-order valence-electron chi connectivity index (χ3n) is 6.75. The maximum atomic E-state index is 12.8. The number of carbonyl (C=O) groups excluding carboxylic acids is 2. The maximum Gasteiger partial charge on any atom is 0.253 e. The number of amides is 2. The number of aromatic nitrogens is 2. The van der Waals surface area contributed by atoms with Crippen LogP contribution in [-0.4, -0.2) is 53.5 Å². The topological polar surface area (TPSA) is 115 Å². The van der Waals surface area contributed by atoms with E-state index in [4.69, 9.17) is 10.5 Å². The van der Waals surface area contributed by atoms with Crippen molar-refractivity contribution >= 4 is 23.3 Å². The first-order chi connectivity index (χ1) is 19.8. The second-order valence-electron chi connectivity index (χ2n) is 10.2. The molecule has 1 aliphatic rings. The summed E-state index contributed by atoms with van der Waals surface area (Å²) in [5, 5.41) is 6.29. The van der Waals surface area contributed by atoms with Gasteiger partial charge in [-0.15, -0.1) is 0 Å². The molecule has 2 amide bonds. The Morgan fingerprint density at radius 3 is 2.49 bits per heavy atom. The Hall–Kier alpha value is -4.89. The van der Waals surface area contributed by atoms with E-state index in [0.717, 1.165) is 53.4 Å². The number of primary amides is 1. The van der Waals surface area contributed by atoms with E-state index >= 15 is 0 Å². The molecule has 0 unspecified atom stereocenters. The smallest absolute Gasteiger partial charge is 0.253 e. The first-order valence-electron chi connectivity index (χ1n) is 13.5. The van der Waals surface area contributed by atoms with Crippen molar-refractivity contribution in [3.05, 3.63) is 90.1 Å². The van der Waals surface area contributed by atoms with E-state index in [9.17, 15) is 9.59 Å². The zero-order valence-electron chi connectivity index (χ0n) is 23.5. The number of rotatable bonds is 9. The molecule has 41 heavy (non-hydrogen) atoms. The van der Waals surface area contributed by atoms with Gasteiger partial charge in [0.25, 0.3) is 5.91 Å². The average Bonchev–Trinajstić information content (AvgIpc) is 3.29. The van der Waals surface area contributed by atoms with Crippen molar-refractivity contribution in [1.82, 2.24) is 14.5 Å². The van der Waals surface area contributed by atoms with Gasteiger partial charge in [-0.05, 0) is 68.9 Å². The molecule has 0 fully saturated rings. The molecule has 2 aromatic carbocycles. The van der Waals surface area contributed by atoms with Crippen molar-refractivity contribution < 1.29 is 14.3 Å². The lowest BCUT2D eigenvalue weighted by atomic mass is 9.97. The molecule has 0 radical (unpaired) electrons. The van der Waals surface area contributed by atoms with Crippen molar-refractivity contribution in [2.45, 2.75) is 19.9 Å². The molecule has 2 aromatic heterocycles. The Bertz CT molecular complexity index is 1590. The summed E-state index contributed by atoms with van der Waals surface area (Å²) in [6.07, 6.45) is 4.26. The highest BCUT2D eigenvalue weighted by Gasteiger charge is 2.29. The monoisotopic (exact) mass is 550 g/mol. The highest BCUT2D eigenvalue weighted by Crippen LogP contribution is 2.43. The van der Waals surface area contributed by atoms with Gasteiger partial charge in [-0.1, -0.05) is 36.4 Å². The number of nitrogens with zero attached hydrogens (tertiary/aromatic N) is 3. The van der Waals surface area contributed by atoms with Crippen LogP contribution in [0.3, 0.4) is 0 Å². The summed E-state index contributed by atoms with van der Waals surface area (Å²) in [5.41, 5.74) is 11.4. The van der Waals surface area contributed by atoms with Gasteiger partial charge in [0.15, 0.2) is 0 Å². The van der Waals surface area contributed by atoms with E-state index in [0.29, 0.717) is 29.4 Å². The number of aryl methyl sites for hydroxylation is 1. The fourth-order valence-electron chi connectivity index (χ4n) is 4.94. The molecule has 0 aliphatic carbocycles. The van der Waals surface area contributed by atoms with Gasteiger partial charge in [0, 0.05) is 48.7 Å². The van der Waals surface area contributed by atoms with Gasteiger partial charge < -0.3 is 30.6 Å². The molecule has 0 spiro atoms. The summed E-state index contributed by atoms with van der Waals surface area (Å²) < 4.78 is 8.07. The van der Waals surface area contributed by atoms with Crippen LogP contribution in [0.5, 0.6) is 11.6 Å². The fraction of sp³-hybridized carbons (Fsp3) is 0.219. The molecule has 0 saturated heterocycles. The molecule has 210 valence electrons. The number of nitrogens with one attached hydrogen (secondary N) is 2. The Morgan fingerprint density at radius 2 is 1.80 bits per heavy atom. The Labute approximate surface area is 239 Å². The number of hydrogen-bond acceptors (Lipinski definition) is 6. The van der Waals surface area contributed by atoms with Crippen molar-refractivity contribution in [3.8, 4) is 34.0 Å². The number of ether oxygens (including phenoxy) is 1. The van der Waals surface area contributed by atoms with Gasteiger partial charge in [0.2, 0.25) is 11.8 Å². The number of likely N-dealkylation sites (N-methyl/N-ethyl adjacent to an activating group) is 1. The molecule has 0 saturated carbocycles. The highest BCUT2D eigenvalue weighted by atomic mass is 16.5. The van der Waals surface area contributed by atoms with E-state index in [1.54, 1.807) is 0 Å². The van der Waals surface area contributed by atoms with Gasteiger partial charge >= 0.3 is 0 Å². The molecule has 3 heterocycles. The minimum Gasteiger partial charge on any atom is -0.439 e. The minimum atomic E-state index is -0.498. The normalized spacial score (nSPS) is 12.7. The summed E-state index contributed by atoms with van der Waals surface area (Å²) in [4.78, 5) is 31.5. The Morgan fingerprint density at radius 1 is 1.07 bits per heavy atom. The van der Waals surface area contributed by atoms with Crippen LogP contribution in [0.15, 0.2) is 78.9 Å². The molecule has 0 bridgehead atoms. The van der Waals surface area contributed by atoms with Gasteiger partial charge in [0.05, 0.1) is 11.3 Å². The van der Waals surface area contributed by atoms with E-state index < -0.39 is 5.91 Å². The maximum absolute atomic E-state index is 12.8. The predicted octanol–water partition coefficient (Wildman–Crippen LogP) is 5.29. The highest BCUT2D eigenvalue weighted by molar-refractivity contribution is 6.09. The first-order valence-corrected chi connectivity index (χ1v) is 13.5. The number of hydrogen-bond donors (Lipinski definition) is 3. The van der Waals surface area contributed by atoms with Crippen LogP contribution in [0.4, 0.5) is 11.5 Å². The van der Waals surface area contributed by atoms with Crippen LogP contribution >= 0.6 is 0 Å². The van der Waals surface area contributed by atoms with Crippen LogP contribution in [0.25, 0.3) is 22.4 Å². The van der Waals surface area contributed by atoms with Crippen LogP contribution in [0.2, 0.25) is 0 Å². The van der Waals surface area contributed by atoms with Crippen molar-refractivity contribution in [2.75, 3.05) is 37.8 Å². The number of pyridine rings is 1. The predicted molar refractivity (Wildman–Crippen MR) is 162 cm³/mol. The SMILES string of the molecule is Cc1cccc(Oc2ccc(-c3c(C(N)=O)c4n(c3-c3ccc(NC(=O)/C=C/CN(C)C)cc3)CCCN4)cc2)n1. The number of anilines is 2. The van der Waals surface area contributed by atoms with Crippen LogP contribution in [0, 0.1) is 6.92 Å². The van der Waals surface area contributed by atoms with Gasteiger partial charge in [-0.3, -0.25) is 9.59 Å². The molecule has 1 aliphatic heterocycles. The van der Waals surface area contributed by atoms with Crippen molar-refractivity contribution in [3.63, 3.8) is 0 Å². The van der Waals surface area contributed by atoms with Gasteiger partial charge in [0.1, 0.15) is 11.6 Å². The lowest BCUT2D eigenvalue weighted by molar-refractivity contribution is -0.111. The molecular formula is C32H34N6O3. The van der Waals surface area contributed by atoms with Crippen LogP contribution in [0.1, 0.15) is 22.5 Å². The van der Waals surface area contributed by atoms with Crippen LogP contribution < -0.4 is 21.1 Å². The number of benzene rings is 2. The summed E-state index contributed by atoms with van der Waals surface area (Å²) in [7, 11) is 3.89. The zero-order chi connectivity index (χ0) is 28.9. The molecular weight excluding hydrogens is 516 g/mol. The standard InChI is InChI=1S/C32H34N6O3/c1-21-7-4-9-27(35-21)41-25-16-12-22(13-17-25)28-29(31(33)40)32-34-18-6-20-38(32)30(28)23-10-14-24(15-11-23)36-26(39)8-5-19-37(2)3/h4-5,7-17,34H,6,18-20H2,1-3H3,(H2,33,40)(H,36,39)/b8-5+. The third kappa shape index (κ3) is 6.31. The lowest BCUT2D eigenvalue weighted by Gasteiger charge is -2.20. The van der Waals surface area contributed by atoms with E-state index in [2.05, 4.69) is 20.2 Å². The van der Waals surface area contributed by atoms with E-state index in [-0.39, 0.29) is 5.91 Å². The second-order valence-corrected chi connectivity index (χ2v) is 10.2. The summed E-state index contributed by atoms with van der Waals surface area (Å²) >= 11 is 0. The zero-order valence-corrected chi connectivity index (χ0v) is 23.5. The quantitative estimate of drug-likeness (QED) is 0.244. The third-order valence-corrected chi connectivity index (χ3v) is 6.75. The number of carbonyl (C=O) groups is 2. The van der Waals surface area contributed by atoms with Crippen LogP contribution in [-0.2, 0) is 11.3 Å². The lowest BCUT2D eigenvalue weighted by Crippen LogP contribution is -2.21. The minimum absolute atomic E-state index is 0.191. The first kappa shape index (κ1) is 27.7. The molecule has 0 atom stereocenters. The van der Waals surface area contributed by atoms with Gasteiger partial charge in [-0.2, -0.15) is 0 Å². The van der Waals surface area contributed by atoms with Gasteiger partial charge in [-0.25, -0.2) is 4.98 Å². The van der Waals surface area contributed by atoms with E-state index in [1.807, 2.05) is 98.7 Å². The largest absolute Gasteiger partial charge is 0.439 e. The molecule has 9 nitrogen and oxygen atoms in total. The summed E-state index contributed by atoms with van der Waals surface area (Å²) in [6.45, 7) is 4.09. The number of nitrogens with two attached hydrogens (primary N) is 1. The molecule has 4 aromatic rings. The second kappa shape index (κ2) is 12.1. The molecule has 5 rings (SSSR count). The Balaban J connectivity index is 1.50. The average molecular weight is 551 g/mol. The fourth-order valence-corrected chi connectivity index (χ4v) is 4.94. The van der Waals surface area contributed by atoms with Crippen molar-refractivity contribution in [1.29, 1.82) is 0 Å². The Kier molecular flexibility index (Phi) is 8.16. The van der Waals surface area contributed by atoms with E-state index in [1.165, 1.54) is 6.08 Å². The number of fused-ring (bicyclic) bond motifs is 1. The van der Waals surface area contributed by atoms with Crippen molar-refractivity contribution in [2.24, 2.45) is 5.73 Å². The molecule has 4 N–H and O–H groups in total.